The number of nitrogens with zero attached hydrogens (tertiary/aromatic N) is 1. The molecule has 0 saturated carbocycles. The smallest absolute Gasteiger partial charge is 0.251 e. The zero-order valence-electron chi connectivity index (χ0n) is 15.4. The number of rotatable bonds is 8. The predicted molar refractivity (Wildman–Crippen MR) is 98.6 cm³/mol. The van der Waals surface area contributed by atoms with Gasteiger partial charge in [0.2, 0.25) is 0 Å². The summed E-state index contributed by atoms with van der Waals surface area (Å²) in [5.74, 6) is 0.701. The highest BCUT2D eigenvalue weighted by Gasteiger charge is 2.15. The number of methoxy groups -OCH3 is 1. The van der Waals surface area contributed by atoms with Crippen molar-refractivity contribution in [3.05, 3.63) is 35.4 Å². The van der Waals surface area contributed by atoms with Crippen LogP contribution in [0.1, 0.15) is 36.7 Å². The van der Waals surface area contributed by atoms with Gasteiger partial charge in [0.15, 0.2) is 5.96 Å². The molecule has 134 valence electrons. The number of nitrogens with one attached hydrogen (secondary N) is 3. The van der Waals surface area contributed by atoms with Crippen LogP contribution in [-0.4, -0.2) is 51.3 Å². The van der Waals surface area contributed by atoms with Crippen LogP contribution in [0.4, 0.5) is 0 Å². The molecular formula is C18H30N4O2. The number of hydrogen-bond acceptors (Lipinski definition) is 3. The second-order valence-corrected chi connectivity index (χ2v) is 6.12. The molecule has 1 aromatic carbocycles. The van der Waals surface area contributed by atoms with Crippen LogP contribution >= 0.6 is 0 Å². The summed E-state index contributed by atoms with van der Waals surface area (Å²) in [6, 6.07) is 7.65. The van der Waals surface area contributed by atoms with Crippen molar-refractivity contribution in [2.75, 3.05) is 33.8 Å². The first-order chi connectivity index (χ1) is 11.4. The van der Waals surface area contributed by atoms with Gasteiger partial charge in [-0.05, 0) is 44.9 Å². The Labute approximate surface area is 145 Å². The maximum atomic E-state index is 11.7. The lowest BCUT2D eigenvalue weighted by molar-refractivity contribution is 0.0310. The Bertz CT molecular complexity index is 556. The first kappa shape index (κ1) is 20.0. The molecule has 0 saturated heterocycles. The van der Waals surface area contributed by atoms with Crippen molar-refractivity contribution in [1.29, 1.82) is 0 Å². The van der Waals surface area contributed by atoms with Gasteiger partial charge in [-0.15, -0.1) is 0 Å². The van der Waals surface area contributed by atoms with Crippen molar-refractivity contribution in [1.82, 2.24) is 16.0 Å². The van der Waals surface area contributed by atoms with E-state index in [-0.39, 0.29) is 11.5 Å². The number of carbonyl (C=O) groups excluding carboxylic acids is 1. The molecule has 1 aromatic rings. The third-order valence-electron chi connectivity index (χ3n) is 3.64. The summed E-state index contributed by atoms with van der Waals surface area (Å²) in [6.07, 6.45) is 0.808. The Balaban J connectivity index is 2.59. The Morgan fingerprint density at radius 1 is 1.29 bits per heavy atom. The third-order valence-corrected chi connectivity index (χ3v) is 3.64. The number of guanidine groups is 1. The zero-order valence-corrected chi connectivity index (χ0v) is 15.4. The summed E-state index contributed by atoms with van der Waals surface area (Å²) < 4.78 is 5.39. The Hall–Kier alpha value is -2.08. The molecule has 6 nitrogen and oxygen atoms in total. The van der Waals surface area contributed by atoms with Gasteiger partial charge in [0.1, 0.15) is 0 Å². The van der Waals surface area contributed by atoms with Gasteiger partial charge in [0.25, 0.3) is 5.91 Å². The molecule has 0 aliphatic rings. The van der Waals surface area contributed by atoms with Gasteiger partial charge in [0, 0.05) is 32.8 Å². The minimum Gasteiger partial charge on any atom is -0.377 e. The van der Waals surface area contributed by atoms with Gasteiger partial charge in [-0.2, -0.15) is 0 Å². The number of hydrogen-bond donors (Lipinski definition) is 3. The highest BCUT2D eigenvalue weighted by molar-refractivity contribution is 5.94. The molecule has 0 bridgehead atoms. The number of benzene rings is 1. The van der Waals surface area contributed by atoms with Crippen LogP contribution in [0.2, 0.25) is 0 Å². The van der Waals surface area contributed by atoms with E-state index in [1.165, 1.54) is 0 Å². The molecule has 0 fully saturated rings. The van der Waals surface area contributed by atoms with E-state index in [9.17, 15) is 4.79 Å². The van der Waals surface area contributed by atoms with Crippen molar-refractivity contribution < 1.29 is 9.53 Å². The van der Waals surface area contributed by atoms with Crippen LogP contribution < -0.4 is 16.0 Å². The first-order valence-corrected chi connectivity index (χ1v) is 8.30. The molecule has 0 aliphatic heterocycles. The van der Waals surface area contributed by atoms with Crippen molar-refractivity contribution in [3.8, 4) is 0 Å². The Kier molecular flexibility index (Phi) is 8.26. The average molecular weight is 334 g/mol. The topological polar surface area (TPSA) is 74.8 Å². The summed E-state index contributed by atoms with van der Waals surface area (Å²) in [6.45, 7) is 8.15. The van der Waals surface area contributed by atoms with E-state index in [4.69, 9.17) is 4.74 Å². The van der Waals surface area contributed by atoms with Gasteiger partial charge in [-0.25, -0.2) is 0 Å². The van der Waals surface area contributed by atoms with E-state index in [0.717, 1.165) is 31.0 Å². The first-order valence-electron chi connectivity index (χ1n) is 8.30. The van der Waals surface area contributed by atoms with Crippen LogP contribution in [0.25, 0.3) is 0 Å². The number of amides is 1. The molecule has 0 atom stereocenters. The Morgan fingerprint density at radius 2 is 2.04 bits per heavy atom. The normalized spacial score (nSPS) is 12.0. The fourth-order valence-corrected chi connectivity index (χ4v) is 2.01. The van der Waals surface area contributed by atoms with Crippen molar-refractivity contribution >= 4 is 11.9 Å². The van der Waals surface area contributed by atoms with Crippen molar-refractivity contribution in [2.45, 2.75) is 32.8 Å². The molecule has 3 N–H and O–H groups in total. The predicted octanol–water partition coefficient (Wildman–Crippen LogP) is 1.57. The highest BCUT2D eigenvalue weighted by atomic mass is 16.5. The van der Waals surface area contributed by atoms with E-state index in [2.05, 4.69) is 20.9 Å². The molecule has 0 heterocycles. The third kappa shape index (κ3) is 7.00. The molecule has 1 amide bonds. The lowest BCUT2D eigenvalue weighted by atomic mass is 10.1. The van der Waals surface area contributed by atoms with Crippen LogP contribution in [0, 0.1) is 0 Å². The second kappa shape index (κ2) is 9.93. The van der Waals surface area contributed by atoms with Crippen molar-refractivity contribution in [3.63, 3.8) is 0 Å². The molecule has 1 rings (SSSR count). The molecule has 0 aromatic heterocycles. The standard InChI is InChI=1S/C18H30N4O2/c1-6-20-17(22-13-18(2,3)24-5)21-11-10-14-8-7-9-15(12-14)16(23)19-4/h7-9,12H,6,10-11,13H2,1-5H3,(H,19,23)(H2,20,21,22). The van der Waals surface area contributed by atoms with Crippen LogP contribution in [0.15, 0.2) is 29.3 Å². The summed E-state index contributed by atoms with van der Waals surface area (Å²) in [5, 5.41) is 9.18. The summed E-state index contributed by atoms with van der Waals surface area (Å²) >= 11 is 0. The maximum Gasteiger partial charge on any atom is 0.251 e. The van der Waals surface area contributed by atoms with Gasteiger partial charge in [-0.1, -0.05) is 12.1 Å². The van der Waals surface area contributed by atoms with E-state index in [1.807, 2.05) is 45.0 Å². The summed E-state index contributed by atoms with van der Waals surface area (Å²) in [4.78, 5) is 16.2. The van der Waals surface area contributed by atoms with Crippen LogP contribution in [-0.2, 0) is 11.2 Å². The molecule has 0 unspecified atom stereocenters. The van der Waals surface area contributed by atoms with Gasteiger partial charge in [-0.3, -0.25) is 9.79 Å². The summed E-state index contributed by atoms with van der Waals surface area (Å²) in [5.41, 5.74) is 1.50. The quantitative estimate of drug-likeness (QED) is 0.498. The van der Waals surface area contributed by atoms with E-state index >= 15 is 0 Å². The molecule has 6 heteroatoms. The lowest BCUT2D eigenvalue weighted by Crippen LogP contribution is -2.40. The van der Waals surface area contributed by atoms with E-state index in [0.29, 0.717) is 12.1 Å². The minimum absolute atomic E-state index is 0.0680. The maximum absolute atomic E-state index is 11.7. The zero-order chi connectivity index (χ0) is 18.0. The monoisotopic (exact) mass is 334 g/mol. The van der Waals surface area contributed by atoms with Gasteiger partial charge < -0.3 is 20.7 Å². The minimum atomic E-state index is -0.288. The summed E-state index contributed by atoms with van der Waals surface area (Å²) in [7, 11) is 3.33. The van der Waals surface area contributed by atoms with Gasteiger partial charge >= 0.3 is 0 Å². The van der Waals surface area contributed by atoms with Gasteiger partial charge in [0.05, 0.1) is 12.1 Å². The fourth-order valence-electron chi connectivity index (χ4n) is 2.01. The largest absolute Gasteiger partial charge is 0.377 e. The van der Waals surface area contributed by atoms with Crippen LogP contribution in [0.3, 0.4) is 0 Å². The molecule has 0 spiro atoms. The molecule has 24 heavy (non-hydrogen) atoms. The molecule has 0 aliphatic carbocycles. The van der Waals surface area contributed by atoms with E-state index in [1.54, 1.807) is 14.2 Å². The number of ether oxygens (including phenoxy) is 1. The van der Waals surface area contributed by atoms with E-state index < -0.39 is 0 Å². The second-order valence-electron chi connectivity index (χ2n) is 6.12. The number of aliphatic imine (C=N–C) groups is 1. The SMILES string of the molecule is CCNC(=NCC(C)(C)OC)NCCc1cccc(C(=O)NC)c1. The lowest BCUT2D eigenvalue weighted by Gasteiger charge is -2.21. The number of carbonyl (C=O) groups is 1. The van der Waals surface area contributed by atoms with Crippen molar-refractivity contribution in [2.24, 2.45) is 4.99 Å². The van der Waals surface area contributed by atoms with Crippen LogP contribution in [0.5, 0.6) is 0 Å². The highest BCUT2D eigenvalue weighted by Crippen LogP contribution is 2.07. The molecular weight excluding hydrogens is 304 g/mol. The fraction of sp³-hybridized carbons (Fsp3) is 0.556. The Morgan fingerprint density at radius 3 is 2.67 bits per heavy atom. The molecule has 0 radical (unpaired) electrons. The average Bonchev–Trinajstić information content (AvgIpc) is 2.59.